The van der Waals surface area contributed by atoms with Gasteiger partial charge in [0.05, 0.1) is 21.3 Å². The van der Waals surface area contributed by atoms with Crippen LogP contribution in [0.4, 0.5) is 4.79 Å². The van der Waals surface area contributed by atoms with Crippen LogP contribution in [0, 0.1) is 0 Å². The van der Waals surface area contributed by atoms with Gasteiger partial charge >= 0.3 is 6.03 Å². The molecule has 1 heterocycles. The van der Waals surface area contributed by atoms with E-state index in [0.717, 1.165) is 29.7 Å². The summed E-state index contributed by atoms with van der Waals surface area (Å²) in [5.74, 6) is 2.13. The molecule has 3 rings (SSSR count). The summed E-state index contributed by atoms with van der Waals surface area (Å²) < 4.78 is 21.7. The molecule has 7 nitrogen and oxygen atoms in total. The maximum atomic E-state index is 12.5. The molecule has 0 bridgehead atoms. The number of benzene rings is 2. The van der Waals surface area contributed by atoms with Crippen molar-refractivity contribution < 1.29 is 23.7 Å². The molecule has 1 aliphatic heterocycles. The van der Waals surface area contributed by atoms with Gasteiger partial charge in [-0.1, -0.05) is 24.3 Å². The molecule has 162 valence electrons. The summed E-state index contributed by atoms with van der Waals surface area (Å²) >= 11 is 0. The molecule has 2 amide bonds. The summed E-state index contributed by atoms with van der Waals surface area (Å²) in [5, 5.41) is 5.96. The smallest absolute Gasteiger partial charge is 0.315 e. The lowest BCUT2D eigenvalue weighted by molar-refractivity contribution is 0.0498. The minimum atomic E-state index is -0.217. The Labute approximate surface area is 177 Å². The summed E-state index contributed by atoms with van der Waals surface area (Å²) in [6, 6.07) is 13.4. The van der Waals surface area contributed by atoms with Gasteiger partial charge in [0.2, 0.25) is 0 Å². The standard InChI is InChI=1S/C23H30N2O5/c1-27-19-7-5-4-6-18(19)23(10-12-30-13-11-23)16-25-22(26)24-15-17-8-9-20(28-2)21(14-17)29-3/h4-9,14H,10-13,15-16H2,1-3H3,(H2,24,25,26). The molecule has 7 heteroatoms. The summed E-state index contributed by atoms with van der Waals surface area (Å²) in [4.78, 5) is 12.5. The molecule has 0 atom stereocenters. The van der Waals surface area contributed by atoms with E-state index >= 15 is 0 Å². The van der Waals surface area contributed by atoms with Crippen molar-refractivity contribution in [1.82, 2.24) is 10.6 Å². The zero-order chi connectivity index (χ0) is 21.4. The Hall–Kier alpha value is -2.93. The Morgan fingerprint density at radius 2 is 1.63 bits per heavy atom. The van der Waals surface area contributed by atoms with Crippen molar-refractivity contribution in [2.75, 3.05) is 41.1 Å². The van der Waals surface area contributed by atoms with E-state index < -0.39 is 0 Å². The number of para-hydroxylation sites is 1. The van der Waals surface area contributed by atoms with Gasteiger partial charge < -0.3 is 29.6 Å². The van der Waals surface area contributed by atoms with Crippen LogP contribution in [-0.4, -0.2) is 47.1 Å². The van der Waals surface area contributed by atoms with E-state index in [1.54, 1.807) is 21.3 Å². The molecule has 0 unspecified atom stereocenters. The zero-order valence-corrected chi connectivity index (χ0v) is 17.8. The molecule has 2 aromatic rings. The van der Waals surface area contributed by atoms with Crippen LogP contribution in [-0.2, 0) is 16.7 Å². The number of rotatable bonds is 8. The largest absolute Gasteiger partial charge is 0.496 e. The fourth-order valence-corrected chi connectivity index (χ4v) is 3.87. The van der Waals surface area contributed by atoms with Crippen molar-refractivity contribution in [3.63, 3.8) is 0 Å². The minimum absolute atomic E-state index is 0.217. The highest BCUT2D eigenvalue weighted by Crippen LogP contribution is 2.39. The van der Waals surface area contributed by atoms with E-state index in [1.807, 2.05) is 36.4 Å². The van der Waals surface area contributed by atoms with Crippen molar-refractivity contribution in [3.05, 3.63) is 53.6 Å². The molecule has 1 aliphatic rings. The number of amides is 2. The van der Waals surface area contributed by atoms with E-state index in [1.165, 1.54) is 0 Å². The van der Waals surface area contributed by atoms with Gasteiger partial charge in [-0.25, -0.2) is 4.79 Å². The van der Waals surface area contributed by atoms with Gasteiger partial charge in [-0.3, -0.25) is 0 Å². The lowest BCUT2D eigenvalue weighted by atomic mass is 9.73. The molecule has 2 aromatic carbocycles. The molecular weight excluding hydrogens is 384 g/mol. The minimum Gasteiger partial charge on any atom is -0.496 e. The van der Waals surface area contributed by atoms with Crippen LogP contribution in [0.3, 0.4) is 0 Å². The van der Waals surface area contributed by atoms with E-state index in [-0.39, 0.29) is 11.4 Å². The number of nitrogens with one attached hydrogen (secondary N) is 2. The molecule has 1 fully saturated rings. The van der Waals surface area contributed by atoms with Crippen LogP contribution in [0.5, 0.6) is 17.2 Å². The highest BCUT2D eigenvalue weighted by atomic mass is 16.5. The Morgan fingerprint density at radius 1 is 0.933 bits per heavy atom. The fourth-order valence-electron chi connectivity index (χ4n) is 3.87. The first-order valence-electron chi connectivity index (χ1n) is 10.1. The van der Waals surface area contributed by atoms with Gasteiger partial charge in [0, 0.05) is 37.3 Å². The van der Waals surface area contributed by atoms with E-state index in [0.29, 0.717) is 37.8 Å². The molecule has 0 spiro atoms. The highest BCUT2D eigenvalue weighted by Gasteiger charge is 2.37. The molecule has 1 saturated heterocycles. The van der Waals surface area contributed by atoms with Gasteiger partial charge in [0.1, 0.15) is 5.75 Å². The second-order valence-electron chi connectivity index (χ2n) is 7.32. The summed E-state index contributed by atoms with van der Waals surface area (Å²) in [5.41, 5.74) is 1.82. The first kappa shape index (κ1) is 21.8. The Kier molecular flexibility index (Phi) is 7.41. The van der Waals surface area contributed by atoms with Crippen molar-refractivity contribution in [1.29, 1.82) is 0 Å². The van der Waals surface area contributed by atoms with Gasteiger partial charge in [-0.2, -0.15) is 0 Å². The molecule has 2 N–H and O–H groups in total. The molecule has 30 heavy (non-hydrogen) atoms. The van der Waals surface area contributed by atoms with Crippen molar-refractivity contribution in [2.45, 2.75) is 24.8 Å². The third-order valence-corrected chi connectivity index (χ3v) is 5.62. The van der Waals surface area contributed by atoms with Gasteiger partial charge in [-0.15, -0.1) is 0 Å². The maximum absolute atomic E-state index is 12.5. The number of urea groups is 1. The van der Waals surface area contributed by atoms with Crippen LogP contribution in [0.2, 0.25) is 0 Å². The van der Waals surface area contributed by atoms with Crippen LogP contribution in [0.25, 0.3) is 0 Å². The lowest BCUT2D eigenvalue weighted by Crippen LogP contribution is -2.47. The number of carbonyl (C=O) groups excluding carboxylic acids is 1. The van der Waals surface area contributed by atoms with Gasteiger partial charge in [-0.05, 0) is 36.6 Å². The normalized spacial score (nSPS) is 15.2. The highest BCUT2D eigenvalue weighted by molar-refractivity contribution is 5.74. The summed E-state index contributed by atoms with van der Waals surface area (Å²) in [7, 11) is 4.86. The second-order valence-corrected chi connectivity index (χ2v) is 7.32. The maximum Gasteiger partial charge on any atom is 0.315 e. The molecule has 0 radical (unpaired) electrons. The predicted molar refractivity (Wildman–Crippen MR) is 115 cm³/mol. The Morgan fingerprint density at radius 3 is 2.33 bits per heavy atom. The monoisotopic (exact) mass is 414 g/mol. The van der Waals surface area contributed by atoms with E-state index in [4.69, 9.17) is 18.9 Å². The zero-order valence-electron chi connectivity index (χ0n) is 17.8. The fraction of sp³-hybridized carbons (Fsp3) is 0.435. The number of hydrogen-bond acceptors (Lipinski definition) is 5. The van der Waals surface area contributed by atoms with Crippen molar-refractivity contribution >= 4 is 6.03 Å². The summed E-state index contributed by atoms with van der Waals surface area (Å²) in [6.45, 7) is 2.21. The molecule has 0 aromatic heterocycles. The van der Waals surface area contributed by atoms with Gasteiger partial charge in [0.25, 0.3) is 0 Å². The van der Waals surface area contributed by atoms with Gasteiger partial charge in [0.15, 0.2) is 11.5 Å². The number of carbonyl (C=O) groups is 1. The van der Waals surface area contributed by atoms with Crippen LogP contribution in [0.15, 0.2) is 42.5 Å². The summed E-state index contributed by atoms with van der Waals surface area (Å²) in [6.07, 6.45) is 1.65. The molecule has 0 aliphatic carbocycles. The van der Waals surface area contributed by atoms with Crippen molar-refractivity contribution in [3.8, 4) is 17.2 Å². The first-order chi connectivity index (χ1) is 14.6. The van der Waals surface area contributed by atoms with Crippen LogP contribution < -0.4 is 24.8 Å². The first-order valence-corrected chi connectivity index (χ1v) is 10.1. The number of hydrogen-bond donors (Lipinski definition) is 2. The quantitative estimate of drug-likeness (QED) is 0.693. The number of ether oxygens (including phenoxy) is 4. The third kappa shape index (κ3) is 4.97. The Bertz CT molecular complexity index is 849. The predicted octanol–water partition coefficient (Wildman–Crippen LogP) is 3.26. The van der Waals surface area contributed by atoms with Crippen molar-refractivity contribution in [2.24, 2.45) is 0 Å². The topological polar surface area (TPSA) is 78.1 Å². The average molecular weight is 415 g/mol. The lowest BCUT2D eigenvalue weighted by Gasteiger charge is -2.38. The second kappa shape index (κ2) is 10.2. The molecule has 0 saturated carbocycles. The molecular formula is C23H30N2O5. The van der Waals surface area contributed by atoms with Crippen LogP contribution >= 0.6 is 0 Å². The van der Waals surface area contributed by atoms with Crippen LogP contribution in [0.1, 0.15) is 24.0 Å². The van der Waals surface area contributed by atoms with E-state index in [2.05, 4.69) is 16.7 Å². The SMILES string of the molecule is COc1ccc(CNC(=O)NCC2(c3ccccc3OC)CCOCC2)cc1OC. The average Bonchev–Trinajstić information content (AvgIpc) is 2.81. The Balaban J connectivity index is 1.64. The third-order valence-electron chi connectivity index (χ3n) is 5.62. The number of methoxy groups -OCH3 is 3. The van der Waals surface area contributed by atoms with E-state index in [9.17, 15) is 4.79 Å².